The van der Waals surface area contributed by atoms with E-state index in [0.717, 1.165) is 82.3 Å². The van der Waals surface area contributed by atoms with Gasteiger partial charge in [-0.05, 0) is 297 Å². The lowest BCUT2D eigenvalue weighted by molar-refractivity contribution is -0.137. The number of aryl methyl sites for hydroxylation is 4. The van der Waals surface area contributed by atoms with Gasteiger partial charge in [-0.1, -0.05) is 153 Å². The maximum Gasteiger partial charge on any atom is 0.349 e. The van der Waals surface area contributed by atoms with Crippen molar-refractivity contribution in [1.82, 2.24) is 0 Å². The summed E-state index contributed by atoms with van der Waals surface area (Å²) in [7, 11) is -17.4. The van der Waals surface area contributed by atoms with Gasteiger partial charge >= 0.3 is 52.2 Å². The Morgan fingerprint density at radius 2 is 0.793 bits per heavy atom. The maximum atomic E-state index is 13.6. The fourth-order valence-corrected chi connectivity index (χ4v) is 51.6. The monoisotopic (exact) mass is 1640 g/mol. The second-order valence-electron chi connectivity index (χ2n) is 35.4. The van der Waals surface area contributed by atoms with E-state index in [0.29, 0.717) is 48.2 Å². The van der Waals surface area contributed by atoms with E-state index >= 15 is 0 Å². The van der Waals surface area contributed by atoms with Crippen LogP contribution in [0.5, 0.6) is 28.7 Å². The van der Waals surface area contributed by atoms with E-state index in [2.05, 4.69) is 229 Å². The van der Waals surface area contributed by atoms with Crippen LogP contribution in [0.15, 0.2) is 182 Å². The first-order chi connectivity index (χ1) is 51.9. The highest BCUT2D eigenvalue weighted by Crippen LogP contribution is 2.53. The summed E-state index contributed by atoms with van der Waals surface area (Å²) in [6.45, 7) is 47.9. The Kier molecular flexibility index (Phi) is 29.2. The SMILES string of the molecule is Cc1cc(CC2(Cc3ccc(OC(=O)COc4ccccc4CCC[Si](C)(O[Si](C)(C)C)O[Si](C)(C)O[Si](C)(C)C)c(C)c3)c3ccccc3-c3ccccc32)ccc1OC(=O)COc1ccc(C(C)(C)c2ccc(OC(=O)CCOCc3ccccc3CCC[Si](C)(O[Si](C)(C)C)O[Si](C)(C)O[Si](C)(C)C)cc2)cc1. The van der Waals surface area contributed by atoms with Crippen molar-refractivity contribution in [2.75, 3.05) is 19.8 Å². The Morgan fingerprint density at radius 3 is 1.25 bits per heavy atom. The largest absolute Gasteiger partial charge is 0.482 e. The highest BCUT2D eigenvalue weighted by molar-refractivity contribution is 6.90. The third-order valence-corrected chi connectivity index (χ3v) is 46.3. The van der Waals surface area contributed by atoms with Crippen molar-refractivity contribution in [2.45, 2.75) is 220 Å². The molecule has 15 nitrogen and oxygen atoms in total. The molecule has 0 N–H and O–H groups in total. The number of esters is 3. The molecule has 0 saturated carbocycles. The van der Waals surface area contributed by atoms with E-state index in [1.54, 1.807) is 0 Å². The molecule has 0 aromatic heterocycles. The molecule has 111 heavy (non-hydrogen) atoms. The lowest BCUT2D eigenvalue weighted by Crippen LogP contribution is -2.56. The zero-order chi connectivity index (χ0) is 81.0. The molecule has 0 spiro atoms. The van der Waals surface area contributed by atoms with E-state index in [4.69, 9.17) is 53.1 Å². The van der Waals surface area contributed by atoms with Crippen LogP contribution in [-0.4, -0.2) is 105 Å². The smallest absolute Gasteiger partial charge is 0.349 e. The summed E-state index contributed by atoms with van der Waals surface area (Å²) in [5.74, 6) is 1.22. The van der Waals surface area contributed by atoms with Gasteiger partial charge in [-0.3, -0.25) is 4.79 Å². The molecule has 2 unspecified atom stereocenters. The summed E-state index contributed by atoms with van der Waals surface area (Å²) in [6, 6.07) is 62.7. The van der Waals surface area contributed by atoms with Crippen LogP contribution in [0.1, 0.15) is 94.3 Å². The molecule has 0 radical (unpaired) electrons. The van der Waals surface area contributed by atoms with Gasteiger partial charge in [-0.25, -0.2) is 9.59 Å². The fraction of sp³-hybridized carbons (Fsp3) is 0.420. The highest BCUT2D eigenvalue weighted by Gasteiger charge is 2.47. The molecule has 9 rings (SSSR count). The van der Waals surface area contributed by atoms with Crippen molar-refractivity contribution >= 4 is 85.4 Å². The molecule has 23 heteroatoms. The molecule has 0 bridgehead atoms. The van der Waals surface area contributed by atoms with Crippen LogP contribution in [0.2, 0.25) is 130 Å². The van der Waals surface area contributed by atoms with Gasteiger partial charge in [0.1, 0.15) is 28.7 Å². The molecule has 1 aliphatic carbocycles. The standard InChI is InChI=1S/C88H122O15Si8/c1-66-59-68(61-88(79-40-28-26-38-77(79)78-39-27-29-41-80(78)88)62-69-44-54-82(67(2)60-69)97-86(91)65-94-83-42-30-25-34-71(83)37-32-58-111(22,101-107(14,15)16)103-109(19,20)99-105(8,9)10)43-53-81(66)96-85(90)64-93-75-49-45-73(46-50-75)87(3,4)74-47-51-76(52-48-74)95-84(89)55-56-92-63-72-35-24-23-33-70(72)36-31-57-110(21,100-106(11,12)13)102-108(17,18)98-104(5,6)7/h23-30,33-35,38-54,59-60H,31-32,36-37,55-58,61-65H2,1-22H3. The summed E-state index contributed by atoms with van der Waals surface area (Å²) in [4.78, 5) is 40.2. The number of ether oxygens (including phenoxy) is 6. The zero-order valence-corrected chi connectivity index (χ0v) is 78.1. The van der Waals surface area contributed by atoms with E-state index in [1.807, 2.05) is 98.8 Å². The molecule has 0 fully saturated rings. The summed E-state index contributed by atoms with van der Waals surface area (Å²) >= 11 is 0. The Morgan fingerprint density at radius 1 is 0.387 bits per heavy atom. The third-order valence-electron chi connectivity index (χ3n) is 19.2. The van der Waals surface area contributed by atoms with Gasteiger partial charge in [0.2, 0.25) is 0 Å². The van der Waals surface area contributed by atoms with Crippen LogP contribution < -0.4 is 23.7 Å². The quantitative estimate of drug-likeness (QED) is 0.0154. The van der Waals surface area contributed by atoms with E-state index in [-0.39, 0.29) is 32.2 Å². The molecule has 2 atom stereocenters. The molecule has 8 aromatic carbocycles. The van der Waals surface area contributed by atoms with Crippen molar-refractivity contribution < 1.29 is 67.5 Å². The first kappa shape index (κ1) is 88.2. The van der Waals surface area contributed by atoms with Crippen molar-refractivity contribution in [3.05, 3.63) is 243 Å². The second-order valence-corrected chi connectivity index (χ2v) is 68.3. The highest BCUT2D eigenvalue weighted by atomic mass is 28.5. The van der Waals surface area contributed by atoms with Crippen molar-refractivity contribution in [1.29, 1.82) is 0 Å². The van der Waals surface area contributed by atoms with Gasteiger partial charge in [0.05, 0.1) is 19.6 Å². The minimum atomic E-state index is -2.61. The fourth-order valence-electron chi connectivity index (χ4n) is 15.7. The number of para-hydroxylation sites is 1. The minimum Gasteiger partial charge on any atom is -0.482 e. The average molecular weight is 1640 g/mol. The molecule has 8 aromatic rings. The number of rotatable bonds is 40. The van der Waals surface area contributed by atoms with Crippen LogP contribution in [0.3, 0.4) is 0 Å². The predicted octanol–water partition coefficient (Wildman–Crippen LogP) is 21.7. The lowest BCUT2D eigenvalue weighted by atomic mass is 9.69. The Labute approximate surface area is 671 Å². The zero-order valence-electron chi connectivity index (χ0n) is 70.1. The first-order valence-corrected chi connectivity index (χ1v) is 63.6. The lowest BCUT2D eigenvalue weighted by Gasteiger charge is -2.41. The van der Waals surface area contributed by atoms with Gasteiger partial charge < -0.3 is 53.1 Å². The molecular weight excluding hydrogens is 1520 g/mol. The average Bonchev–Trinajstić information content (AvgIpc) is 1.56. The molecular formula is C88H122O15Si8. The maximum absolute atomic E-state index is 13.6. The third kappa shape index (κ3) is 26.4. The van der Waals surface area contributed by atoms with Gasteiger partial charge in [0.15, 0.2) is 46.5 Å². The molecule has 1 aliphatic rings. The number of carbonyl (C=O) groups is 3. The topological polar surface area (TPSA) is 162 Å². The van der Waals surface area contributed by atoms with Gasteiger partial charge in [-0.2, -0.15) is 0 Å². The molecule has 0 heterocycles. The number of benzene rings is 8. The van der Waals surface area contributed by atoms with Crippen LogP contribution in [0.25, 0.3) is 11.1 Å². The number of carbonyl (C=O) groups excluding carboxylic acids is 3. The minimum absolute atomic E-state index is 0.113. The molecule has 0 saturated heterocycles. The van der Waals surface area contributed by atoms with Gasteiger partial charge in [0, 0.05) is 10.8 Å². The van der Waals surface area contributed by atoms with Crippen molar-refractivity contribution in [3.8, 4) is 39.9 Å². The summed E-state index contributed by atoms with van der Waals surface area (Å²) in [5, 5.41) is 0. The Hall–Kier alpha value is -6.77. The van der Waals surface area contributed by atoms with Crippen LogP contribution in [0, 0.1) is 13.8 Å². The van der Waals surface area contributed by atoms with Crippen molar-refractivity contribution in [3.63, 3.8) is 0 Å². The molecule has 596 valence electrons. The van der Waals surface area contributed by atoms with Crippen molar-refractivity contribution in [2.24, 2.45) is 0 Å². The summed E-state index contributed by atoms with van der Waals surface area (Å²) in [6.07, 6.45) is 4.82. The van der Waals surface area contributed by atoms with Crippen LogP contribution >= 0.6 is 0 Å². The van der Waals surface area contributed by atoms with Crippen LogP contribution in [0.4, 0.5) is 0 Å². The summed E-state index contributed by atoms with van der Waals surface area (Å²) < 4.78 is 76.9. The summed E-state index contributed by atoms with van der Waals surface area (Å²) in [5.41, 5.74) is 13.2. The normalized spacial score (nSPS) is 14.4. The Balaban J connectivity index is 0.752. The van der Waals surface area contributed by atoms with Gasteiger partial charge in [-0.15, -0.1) is 0 Å². The van der Waals surface area contributed by atoms with E-state index in [9.17, 15) is 14.4 Å². The predicted molar refractivity (Wildman–Crippen MR) is 467 cm³/mol. The second kappa shape index (κ2) is 36.8. The van der Waals surface area contributed by atoms with Gasteiger partial charge in [0.25, 0.3) is 0 Å². The number of hydrogen-bond acceptors (Lipinski definition) is 15. The number of hydrogen-bond donors (Lipinski definition) is 0. The Bertz CT molecular complexity index is 4440. The first-order valence-electron chi connectivity index (χ1n) is 39.3. The number of fused-ring (bicyclic) bond motifs is 3. The van der Waals surface area contributed by atoms with E-state index in [1.165, 1.54) is 27.8 Å². The molecule has 0 aliphatic heterocycles. The molecule has 0 amide bonds. The van der Waals surface area contributed by atoms with E-state index < -0.39 is 90.3 Å². The van der Waals surface area contributed by atoms with Crippen LogP contribution in [-0.2, 0) is 86.9 Å².